The van der Waals surface area contributed by atoms with Crippen LogP contribution in [0.15, 0.2) is 29.2 Å². The molecule has 0 bridgehead atoms. The summed E-state index contributed by atoms with van der Waals surface area (Å²) in [6.07, 6.45) is 0. The molecule has 0 radical (unpaired) electrons. The first-order valence-electron chi connectivity index (χ1n) is 6.57. The number of hydrogen-bond acceptors (Lipinski definition) is 5. The topological polar surface area (TPSA) is 70.4 Å². The maximum absolute atomic E-state index is 12.3. The molecule has 0 saturated carbocycles. The number of ether oxygens (including phenoxy) is 1. The highest BCUT2D eigenvalue weighted by Gasteiger charge is 2.22. The van der Waals surface area contributed by atoms with Crippen LogP contribution in [0.4, 0.5) is 0 Å². The molecule has 1 atom stereocenters. The van der Waals surface area contributed by atoms with E-state index < -0.39 is 9.84 Å². The van der Waals surface area contributed by atoms with Crippen molar-refractivity contribution in [3.8, 4) is 6.07 Å². The maximum atomic E-state index is 12.3. The summed E-state index contributed by atoms with van der Waals surface area (Å²) in [6.45, 7) is 4.57. The highest BCUT2D eigenvalue weighted by Crippen LogP contribution is 2.14. The van der Waals surface area contributed by atoms with Gasteiger partial charge in [0.25, 0.3) is 0 Å². The largest absolute Gasteiger partial charge is 0.379 e. The number of nitrogens with zero attached hydrogens (tertiary/aromatic N) is 2. The Morgan fingerprint density at radius 2 is 2.30 bits per heavy atom. The van der Waals surface area contributed by atoms with Crippen LogP contribution >= 0.6 is 0 Å². The average Bonchev–Trinajstić information content (AvgIpc) is 2.46. The monoisotopic (exact) mass is 294 g/mol. The van der Waals surface area contributed by atoms with Crippen LogP contribution in [0.5, 0.6) is 0 Å². The smallest absolute Gasteiger partial charge is 0.179 e. The Bertz CT molecular complexity index is 607. The first kappa shape index (κ1) is 15.0. The van der Waals surface area contributed by atoms with Gasteiger partial charge in [0, 0.05) is 19.1 Å². The first-order valence-corrected chi connectivity index (χ1v) is 8.23. The van der Waals surface area contributed by atoms with Gasteiger partial charge in [-0.1, -0.05) is 6.07 Å². The Balaban J connectivity index is 2.05. The minimum absolute atomic E-state index is 0.0617. The van der Waals surface area contributed by atoms with Crippen molar-refractivity contribution in [2.45, 2.75) is 17.9 Å². The molecule has 0 spiro atoms. The van der Waals surface area contributed by atoms with E-state index in [1.54, 1.807) is 18.2 Å². The molecule has 2 rings (SSSR count). The maximum Gasteiger partial charge on any atom is 0.179 e. The van der Waals surface area contributed by atoms with Gasteiger partial charge in [0.05, 0.1) is 35.5 Å². The molecule has 5 nitrogen and oxygen atoms in total. The van der Waals surface area contributed by atoms with E-state index in [0.717, 1.165) is 6.54 Å². The Kier molecular flexibility index (Phi) is 4.76. The summed E-state index contributed by atoms with van der Waals surface area (Å²) in [7, 11) is -3.35. The molecule has 1 unspecified atom stereocenters. The summed E-state index contributed by atoms with van der Waals surface area (Å²) < 4.78 is 29.9. The molecule has 6 heteroatoms. The average molecular weight is 294 g/mol. The second kappa shape index (κ2) is 6.35. The highest BCUT2D eigenvalue weighted by atomic mass is 32.2. The van der Waals surface area contributed by atoms with Gasteiger partial charge in [-0.2, -0.15) is 5.26 Å². The van der Waals surface area contributed by atoms with Gasteiger partial charge in [-0.05, 0) is 25.1 Å². The SMILES string of the molecule is CC1COCCN1CCS(=O)(=O)c1cccc(C#N)c1. The van der Waals surface area contributed by atoms with Crippen molar-refractivity contribution in [1.82, 2.24) is 4.90 Å². The van der Waals surface area contributed by atoms with E-state index in [4.69, 9.17) is 10.00 Å². The van der Waals surface area contributed by atoms with Crippen molar-refractivity contribution < 1.29 is 13.2 Å². The third-order valence-corrected chi connectivity index (χ3v) is 5.17. The summed E-state index contributed by atoms with van der Waals surface area (Å²) in [5, 5.41) is 8.83. The molecule has 1 fully saturated rings. The quantitative estimate of drug-likeness (QED) is 0.830. The highest BCUT2D eigenvalue weighted by molar-refractivity contribution is 7.91. The fraction of sp³-hybridized carbons (Fsp3) is 0.500. The predicted molar refractivity (Wildman–Crippen MR) is 75.1 cm³/mol. The zero-order chi connectivity index (χ0) is 14.6. The predicted octanol–water partition coefficient (Wildman–Crippen LogP) is 1.05. The molecule has 1 aliphatic rings. The molecule has 0 N–H and O–H groups in total. The van der Waals surface area contributed by atoms with E-state index >= 15 is 0 Å². The van der Waals surface area contributed by atoms with Crippen LogP contribution in [0, 0.1) is 11.3 Å². The molecule has 20 heavy (non-hydrogen) atoms. The number of rotatable bonds is 4. The van der Waals surface area contributed by atoms with E-state index in [-0.39, 0.29) is 16.7 Å². The van der Waals surface area contributed by atoms with Gasteiger partial charge in [-0.3, -0.25) is 4.90 Å². The van der Waals surface area contributed by atoms with Crippen molar-refractivity contribution in [1.29, 1.82) is 5.26 Å². The van der Waals surface area contributed by atoms with Crippen LogP contribution in [0.25, 0.3) is 0 Å². The molecule has 1 heterocycles. The number of hydrogen-bond donors (Lipinski definition) is 0. The van der Waals surface area contributed by atoms with E-state index in [9.17, 15) is 8.42 Å². The number of nitriles is 1. The zero-order valence-corrected chi connectivity index (χ0v) is 12.3. The molecule has 0 aliphatic carbocycles. The van der Waals surface area contributed by atoms with Crippen LogP contribution in [0.3, 0.4) is 0 Å². The van der Waals surface area contributed by atoms with Crippen LogP contribution in [0.1, 0.15) is 12.5 Å². The van der Waals surface area contributed by atoms with Gasteiger partial charge in [-0.15, -0.1) is 0 Å². The van der Waals surface area contributed by atoms with Gasteiger partial charge in [0.2, 0.25) is 0 Å². The Morgan fingerprint density at radius 1 is 1.50 bits per heavy atom. The van der Waals surface area contributed by atoms with Gasteiger partial charge in [0.1, 0.15) is 0 Å². The molecular formula is C14H18N2O3S. The Labute approximate surface area is 119 Å². The Hall–Kier alpha value is -1.42. The lowest BCUT2D eigenvalue weighted by Crippen LogP contribution is -2.45. The molecular weight excluding hydrogens is 276 g/mol. The normalized spacial score (nSPS) is 20.5. The standard InChI is InChI=1S/C14H18N2O3S/c1-12-11-19-7-5-16(12)6-8-20(17,18)14-4-2-3-13(9-14)10-15/h2-4,9,12H,5-8,11H2,1H3. The molecule has 1 aromatic rings. The van der Waals surface area contributed by atoms with Crippen molar-refractivity contribution in [3.05, 3.63) is 29.8 Å². The van der Waals surface area contributed by atoms with E-state index in [2.05, 4.69) is 4.90 Å². The van der Waals surface area contributed by atoms with E-state index in [1.165, 1.54) is 6.07 Å². The van der Waals surface area contributed by atoms with Crippen molar-refractivity contribution >= 4 is 9.84 Å². The third-order valence-electron chi connectivity index (χ3n) is 3.47. The van der Waals surface area contributed by atoms with Crippen molar-refractivity contribution in [2.24, 2.45) is 0 Å². The third kappa shape index (κ3) is 3.57. The van der Waals surface area contributed by atoms with Gasteiger partial charge in [0.15, 0.2) is 9.84 Å². The second-order valence-electron chi connectivity index (χ2n) is 4.92. The van der Waals surface area contributed by atoms with Crippen LogP contribution < -0.4 is 0 Å². The number of benzene rings is 1. The van der Waals surface area contributed by atoms with Gasteiger partial charge < -0.3 is 4.74 Å². The van der Waals surface area contributed by atoms with Crippen LogP contribution in [0.2, 0.25) is 0 Å². The molecule has 1 saturated heterocycles. The Morgan fingerprint density at radius 3 is 3.00 bits per heavy atom. The van der Waals surface area contributed by atoms with Crippen LogP contribution in [-0.2, 0) is 14.6 Å². The summed E-state index contributed by atoms with van der Waals surface area (Å²) in [6, 6.07) is 8.37. The molecule has 1 aliphatic heterocycles. The van der Waals surface area contributed by atoms with Crippen molar-refractivity contribution in [3.63, 3.8) is 0 Å². The van der Waals surface area contributed by atoms with Crippen molar-refractivity contribution in [2.75, 3.05) is 32.1 Å². The second-order valence-corrected chi connectivity index (χ2v) is 7.03. The molecule has 0 aromatic heterocycles. The summed E-state index contributed by atoms with van der Waals surface area (Å²) in [5.74, 6) is 0.0617. The van der Waals surface area contributed by atoms with E-state index in [1.807, 2.05) is 13.0 Å². The lowest BCUT2D eigenvalue weighted by Gasteiger charge is -2.32. The molecule has 0 amide bonds. The first-order chi connectivity index (χ1) is 9.53. The fourth-order valence-corrected chi connectivity index (χ4v) is 3.51. The fourth-order valence-electron chi connectivity index (χ4n) is 2.21. The van der Waals surface area contributed by atoms with Gasteiger partial charge in [-0.25, -0.2) is 8.42 Å². The lowest BCUT2D eigenvalue weighted by atomic mass is 10.2. The summed E-state index contributed by atoms with van der Waals surface area (Å²) >= 11 is 0. The summed E-state index contributed by atoms with van der Waals surface area (Å²) in [5.41, 5.74) is 0.366. The number of morpholine rings is 1. The minimum Gasteiger partial charge on any atom is -0.379 e. The zero-order valence-electron chi connectivity index (χ0n) is 11.4. The molecule has 108 valence electrons. The van der Waals surface area contributed by atoms with Gasteiger partial charge >= 0.3 is 0 Å². The molecule has 1 aromatic carbocycles. The minimum atomic E-state index is -3.35. The lowest BCUT2D eigenvalue weighted by molar-refractivity contribution is 0.00280. The number of sulfone groups is 1. The summed E-state index contributed by atoms with van der Waals surface area (Å²) in [4.78, 5) is 2.34. The van der Waals surface area contributed by atoms with E-state index in [0.29, 0.717) is 25.3 Å². The van der Waals surface area contributed by atoms with Crippen LogP contribution in [-0.4, -0.2) is 51.4 Å².